The molecule has 6 heterocycles. The Hall–Kier alpha value is -8.10. The van der Waals surface area contributed by atoms with Gasteiger partial charge in [0.25, 0.3) is 0 Å². The van der Waals surface area contributed by atoms with Crippen LogP contribution in [0.2, 0.25) is 0 Å². The van der Waals surface area contributed by atoms with Gasteiger partial charge in [0.05, 0.1) is 96.5 Å². The number of aliphatic hydroxyl groups excluding tert-OH is 1. The Labute approximate surface area is 691 Å². The lowest BCUT2D eigenvalue weighted by atomic mass is 9.91. The number of esters is 1. The molecular formula is C94H111NO23. The highest BCUT2D eigenvalue weighted by molar-refractivity contribution is 5.73. The lowest BCUT2D eigenvalue weighted by Crippen LogP contribution is -2.70. The third-order valence-electron chi connectivity index (χ3n) is 22.0. The van der Waals surface area contributed by atoms with Crippen molar-refractivity contribution >= 4 is 11.9 Å². The maximum Gasteiger partial charge on any atom is 0.303 e. The van der Waals surface area contributed by atoms with Gasteiger partial charge in [0.1, 0.15) is 91.6 Å². The largest absolute Gasteiger partial charge is 0.454 e. The summed E-state index contributed by atoms with van der Waals surface area (Å²) >= 11 is 0. The summed E-state index contributed by atoms with van der Waals surface area (Å²) in [4.78, 5) is 27.4. The number of carbonyl (C=O) groups excluding carboxylic acids is 2. The first-order valence-corrected chi connectivity index (χ1v) is 41.0. The number of ether oxygens (including phenoxy) is 20. The first-order chi connectivity index (χ1) is 57.4. The van der Waals surface area contributed by atoms with Gasteiger partial charge >= 0.3 is 5.97 Å². The van der Waals surface area contributed by atoms with Crippen LogP contribution in [0, 0.1) is 0 Å². The third kappa shape index (κ3) is 22.9. The second-order valence-corrected chi connectivity index (χ2v) is 31.4. The number of amides is 1. The summed E-state index contributed by atoms with van der Waals surface area (Å²) < 4.78 is 141. The van der Waals surface area contributed by atoms with E-state index in [1.54, 1.807) is 13.8 Å². The molecule has 0 radical (unpaired) electrons. The second kappa shape index (κ2) is 41.9. The maximum absolute atomic E-state index is 14.1. The van der Waals surface area contributed by atoms with Gasteiger partial charge in [0.15, 0.2) is 37.1 Å². The highest BCUT2D eigenvalue weighted by atomic mass is 16.8. The molecule has 10 unspecified atom stereocenters. The van der Waals surface area contributed by atoms with Crippen LogP contribution >= 0.6 is 0 Å². The van der Waals surface area contributed by atoms with Crippen LogP contribution in [0.3, 0.4) is 0 Å². The van der Waals surface area contributed by atoms with Gasteiger partial charge in [-0.2, -0.15) is 0 Å². The van der Waals surface area contributed by atoms with Crippen molar-refractivity contribution < 1.29 is 109 Å². The first kappa shape index (κ1) is 86.3. The number of benzene rings is 8. The molecule has 118 heavy (non-hydrogen) atoms. The standard InChI is InChI=1S/C94H111NO23/c1-59-75(95-63(5)96)82(81-74(108-59)58-107-94(7,8)118-81)114-93-89(112-64(6)97)86(79(62(4)111-93)102-52-68-39-23-12-24-40-68)116-92-88(84(104-54-70-43-27-14-28-44-70)78(61(3)110-92)101-51-67-37-21-11-22-38-67)117-90-76(98)83(77(60(2)109-90)100-50-66-35-19-10-20-36-66)115-91-87(106-56-72-47-31-16-32-48-72)85(105-55-71-45-29-15-30-46-71)80(103-53-69-41-25-13-26-42-69)73(113-91)57-99-49-65-33-17-9-18-34-65/h9-48,59-62,73-93,98H,49-58H2,1-8H3,(H,95,96)/t59-,60?,61?,62?,73-,74?,75?,76?,77+,78+,79+,80-,81+,82+,83+,84-,85?,86-,87?,88?,89?,90-,91+,92-,93-/m0/s1. The average Bonchev–Trinajstić information content (AvgIpc) is 0.770. The molecule has 0 spiro atoms. The fourth-order valence-corrected chi connectivity index (χ4v) is 16.1. The van der Waals surface area contributed by atoms with Crippen molar-refractivity contribution in [3.05, 3.63) is 287 Å². The van der Waals surface area contributed by atoms with E-state index in [0.717, 1.165) is 44.5 Å². The summed E-state index contributed by atoms with van der Waals surface area (Å²) in [5, 5.41) is 17.1. The fourth-order valence-electron chi connectivity index (χ4n) is 16.1. The molecule has 6 fully saturated rings. The number of nitrogens with one attached hydrogen (secondary N) is 1. The number of fused-ring (bicyclic) bond motifs is 1. The van der Waals surface area contributed by atoms with Crippen molar-refractivity contribution in [1.82, 2.24) is 5.32 Å². The number of aliphatic hydroxyl groups is 1. The Morgan fingerprint density at radius 3 is 1.12 bits per heavy atom. The lowest BCUT2D eigenvalue weighted by molar-refractivity contribution is -0.407. The Morgan fingerprint density at radius 2 is 0.695 bits per heavy atom. The molecule has 6 saturated heterocycles. The van der Waals surface area contributed by atoms with E-state index in [1.165, 1.54) is 13.8 Å². The van der Waals surface area contributed by atoms with E-state index in [0.29, 0.717) is 0 Å². The molecule has 1 amide bonds. The van der Waals surface area contributed by atoms with Crippen LogP contribution in [0.25, 0.3) is 0 Å². The van der Waals surface area contributed by atoms with Gasteiger partial charge in [-0.15, -0.1) is 0 Å². The number of carbonyl (C=O) groups is 2. The zero-order valence-corrected chi connectivity index (χ0v) is 68.0. The average molecular weight is 1620 g/mol. The summed E-state index contributed by atoms with van der Waals surface area (Å²) in [6.07, 6.45) is -27.4. The predicted molar refractivity (Wildman–Crippen MR) is 431 cm³/mol. The van der Waals surface area contributed by atoms with E-state index in [9.17, 15) is 14.7 Å². The molecular weight excluding hydrogens is 1510 g/mol. The fraction of sp³-hybridized carbons (Fsp3) is 0.468. The quantitative estimate of drug-likeness (QED) is 0.0350. The van der Waals surface area contributed by atoms with Crippen molar-refractivity contribution in [2.45, 2.75) is 267 Å². The van der Waals surface area contributed by atoms with Crippen LogP contribution in [-0.4, -0.2) is 189 Å². The van der Waals surface area contributed by atoms with Gasteiger partial charge in [-0.05, 0) is 86.1 Å². The summed E-state index contributed by atoms with van der Waals surface area (Å²) in [6, 6.07) is 77.2. The Kier molecular flexibility index (Phi) is 30.7. The smallest absolute Gasteiger partial charge is 0.303 e. The van der Waals surface area contributed by atoms with Crippen molar-refractivity contribution in [2.75, 3.05) is 13.2 Å². The second-order valence-electron chi connectivity index (χ2n) is 31.4. The van der Waals surface area contributed by atoms with Crippen LogP contribution in [0.1, 0.15) is 99.9 Å². The first-order valence-electron chi connectivity index (χ1n) is 41.0. The molecule has 14 rings (SSSR count). The number of hydrogen-bond acceptors (Lipinski definition) is 23. The highest BCUT2D eigenvalue weighted by Gasteiger charge is 2.60. The van der Waals surface area contributed by atoms with Crippen LogP contribution in [-0.2, 0) is 157 Å². The van der Waals surface area contributed by atoms with E-state index in [-0.39, 0.29) is 72.0 Å². The Balaban J connectivity index is 0.871. The van der Waals surface area contributed by atoms with E-state index in [4.69, 9.17) is 94.7 Å². The summed E-state index contributed by atoms with van der Waals surface area (Å²) in [6.45, 7) is 14.6. The summed E-state index contributed by atoms with van der Waals surface area (Å²) in [5.74, 6) is -2.18. The third-order valence-corrected chi connectivity index (χ3v) is 22.0. The molecule has 0 aliphatic carbocycles. The zero-order valence-electron chi connectivity index (χ0n) is 68.0. The molecule has 6 aliphatic rings. The van der Waals surface area contributed by atoms with Crippen LogP contribution in [0.5, 0.6) is 0 Å². The predicted octanol–water partition coefficient (Wildman–Crippen LogP) is 12.5. The van der Waals surface area contributed by atoms with Crippen molar-refractivity contribution in [3.63, 3.8) is 0 Å². The number of rotatable bonds is 35. The van der Waals surface area contributed by atoms with Gasteiger partial charge in [-0.25, -0.2) is 0 Å². The van der Waals surface area contributed by atoms with Crippen LogP contribution < -0.4 is 5.32 Å². The monoisotopic (exact) mass is 1620 g/mol. The summed E-state index contributed by atoms with van der Waals surface area (Å²) in [5.41, 5.74) is 6.94. The molecule has 24 nitrogen and oxygen atoms in total. The van der Waals surface area contributed by atoms with Gasteiger partial charge in [0.2, 0.25) is 5.91 Å². The normalized spacial score (nSPS) is 32.1. The number of hydrogen-bond donors (Lipinski definition) is 2. The van der Waals surface area contributed by atoms with Crippen molar-refractivity contribution in [1.29, 1.82) is 0 Å². The molecule has 25 atom stereocenters. The Morgan fingerprint density at radius 1 is 0.364 bits per heavy atom. The van der Waals surface area contributed by atoms with E-state index in [1.807, 2.05) is 270 Å². The van der Waals surface area contributed by atoms with Crippen molar-refractivity contribution in [2.24, 2.45) is 0 Å². The molecule has 24 heteroatoms. The molecule has 8 aromatic rings. The van der Waals surface area contributed by atoms with Crippen molar-refractivity contribution in [3.8, 4) is 0 Å². The van der Waals surface area contributed by atoms with E-state index in [2.05, 4.69) is 5.32 Å². The molecule has 630 valence electrons. The minimum atomic E-state index is -1.77. The molecule has 8 aromatic carbocycles. The Bertz CT molecular complexity index is 4290. The van der Waals surface area contributed by atoms with Crippen LogP contribution in [0.15, 0.2) is 243 Å². The topological polar surface area (TPSA) is 251 Å². The zero-order chi connectivity index (χ0) is 81.9. The minimum absolute atomic E-state index is 0.00132. The van der Waals surface area contributed by atoms with Gasteiger partial charge in [0, 0.05) is 13.8 Å². The highest BCUT2D eigenvalue weighted by Crippen LogP contribution is 2.43. The van der Waals surface area contributed by atoms with Crippen LogP contribution in [0.4, 0.5) is 0 Å². The SMILES string of the molecule is CC(=O)NC1[C@H](C)OC2COC(C)(C)O[C@H]2[C@@H]1O[C@@H]1OC(C)[C@@H](OCc2ccccc2)[C@H](O[C@@H]2OC(C)[C@@H](OCc3ccccc3)[C@H](OCc3ccccc3)C2O[C@@H]2OC(C)[C@@H](OCc3ccccc3)[C@H](O[C@H]3O[C@@H](COCc4ccccc4)[C@H](OCc4ccccc4)C(OCc4ccccc4)C3OCc3ccccc3)C2O)C1OC(C)=O. The lowest BCUT2D eigenvalue weighted by Gasteiger charge is -2.53. The van der Waals surface area contributed by atoms with Gasteiger partial charge < -0.3 is 105 Å². The minimum Gasteiger partial charge on any atom is -0.454 e. The molecule has 2 N–H and O–H groups in total. The molecule has 0 aromatic heterocycles. The van der Waals surface area contributed by atoms with E-state index >= 15 is 0 Å². The van der Waals surface area contributed by atoms with Gasteiger partial charge in [-0.3, -0.25) is 9.59 Å². The summed E-state index contributed by atoms with van der Waals surface area (Å²) in [7, 11) is 0. The van der Waals surface area contributed by atoms with Gasteiger partial charge in [-0.1, -0.05) is 243 Å². The maximum atomic E-state index is 14.1. The van der Waals surface area contributed by atoms with E-state index < -0.39 is 165 Å². The molecule has 0 saturated carbocycles. The molecule has 6 aliphatic heterocycles. The molecule has 0 bridgehead atoms.